The first-order valence-corrected chi connectivity index (χ1v) is 9.38. The molecule has 1 aliphatic rings. The molecule has 0 saturated carbocycles. The van der Waals surface area contributed by atoms with Gasteiger partial charge in [0.2, 0.25) is 10.0 Å². The van der Waals surface area contributed by atoms with E-state index in [9.17, 15) is 8.42 Å². The molecule has 23 heavy (non-hydrogen) atoms. The molecule has 0 spiro atoms. The molecule has 6 nitrogen and oxygen atoms in total. The molecule has 7 heteroatoms. The number of piperazine rings is 1. The SMILES string of the molecule is Cc1ccccc1-c1cc(N2CCN(S(C)(=O)=O)CC2)ncn1. The van der Waals surface area contributed by atoms with Gasteiger partial charge in [-0.1, -0.05) is 24.3 Å². The maximum Gasteiger partial charge on any atom is 0.211 e. The van der Waals surface area contributed by atoms with E-state index in [0.29, 0.717) is 26.2 Å². The summed E-state index contributed by atoms with van der Waals surface area (Å²) in [6, 6.07) is 10.1. The van der Waals surface area contributed by atoms with Crippen molar-refractivity contribution in [3.63, 3.8) is 0 Å². The van der Waals surface area contributed by atoms with Crippen LogP contribution in [0.1, 0.15) is 5.56 Å². The van der Waals surface area contributed by atoms with Gasteiger partial charge >= 0.3 is 0 Å². The molecule has 0 bridgehead atoms. The number of sulfonamides is 1. The van der Waals surface area contributed by atoms with Crippen molar-refractivity contribution in [3.8, 4) is 11.3 Å². The Bertz CT molecular complexity index is 799. The molecular weight excluding hydrogens is 312 g/mol. The number of hydrogen-bond acceptors (Lipinski definition) is 5. The number of rotatable bonds is 3. The predicted octanol–water partition coefficient (Wildman–Crippen LogP) is 1.53. The lowest BCUT2D eigenvalue weighted by Gasteiger charge is -2.34. The van der Waals surface area contributed by atoms with Crippen LogP contribution in [-0.4, -0.2) is 55.1 Å². The summed E-state index contributed by atoms with van der Waals surface area (Å²) in [7, 11) is -3.11. The van der Waals surface area contributed by atoms with Crippen LogP contribution in [0.5, 0.6) is 0 Å². The highest BCUT2D eigenvalue weighted by Gasteiger charge is 2.24. The molecular formula is C16H20N4O2S. The second kappa shape index (κ2) is 6.25. The zero-order valence-corrected chi connectivity index (χ0v) is 14.1. The van der Waals surface area contributed by atoms with E-state index in [1.54, 1.807) is 6.33 Å². The van der Waals surface area contributed by atoms with Crippen LogP contribution in [0, 0.1) is 6.92 Å². The fraction of sp³-hybridized carbons (Fsp3) is 0.375. The Labute approximate surface area is 136 Å². The molecule has 1 fully saturated rings. The molecule has 0 N–H and O–H groups in total. The third-order valence-corrected chi connectivity index (χ3v) is 5.41. The average Bonchev–Trinajstić information content (AvgIpc) is 2.55. The Morgan fingerprint density at radius 2 is 1.74 bits per heavy atom. The minimum absolute atomic E-state index is 0.489. The Balaban J connectivity index is 1.81. The van der Waals surface area contributed by atoms with Crippen LogP contribution >= 0.6 is 0 Å². The van der Waals surface area contributed by atoms with Crippen LogP contribution in [-0.2, 0) is 10.0 Å². The van der Waals surface area contributed by atoms with Crippen LogP contribution in [0.4, 0.5) is 5.82 Å². The number of hydrogen-bond donors (Lipinski definition) is 0. The zero-order chi connectivity index (χ0) is 16.4. The van der Waals surface area contributed by atoms with E-state index in [0.717, 1.165) is 17.1 Å². The highest BCUT2D eigenvalue weighted by atomic mass is 32.2. The molecule has 0 unspecified atom stereocenters. The maximum atomic E-state index is 11.6. The monoisotopic (exact) mass is 332 g/mol. The number of aromatic nitrogens is 2. The molecule has 1 aromatic heterocycles. The molecule has 122 valence electrons. The van der Waals surface area contributed by atoms with E-state index >= 15 is 0 Å². The molecule has 0 aliphatic carbocycles. The Morgan fingerprint density at radius 1 is 1.04 bits per heavy atom. The van der Waals surface area contributed by atoms with Crippen LogP contribution < -0.4 is 4.90 Å². The van der Waals surface area contributed by atoms with Gasteiger partial charge < -0.3 is 4.90 Å². The summed E-state index contributed by atoms with van der Waals surface area (Å²) in [6.07, 6.45) is 2.82. The van der Waals surface area contributed by atoms with Gasteiger partial charge in [0.1, 0.15) is 12.1 Å². The molecule has 0 amide bonds. The molecule has 2 heterocycles. The molecule has 1 saturated heterocycles. The van der Waals surface area contributed by atoms with Crippen molar-refractivity contribution >= 4 is 15.8 Å². The Kier molecular flexibility index (Phi) is 4.32. The number of nitrogens with zero attached hydrogens (tertiary/aromatic N) is 4. The molecule has 1 aliphatic heterocycles. The number of benzene rings is 1. The summed E-state index contributed by atoms with van der Waals surface area (Å²) in [5, 5.41) is 0. The Hall–Kier alpha value is -1.99. The first-order valence-electron chi connectivity index (χ1n) is 7.53. The van der Waals surface area contributed by atoms with E-state index in [4.69, 9.17) is 0 Å². The van der Waals surface area contributed by atoms with Crippen molar-refractivity contribution in [1.29, 1.82) is 0 Å². The Morgan fingerprint density at radius 3 is 2.39 bits per heavy atom. The van der Waals surface area contributed by atoms with Gasteiger partial charge in [-0.05, 0) is 12.5 Å². The lowest BCUT2D eigenvalue weighted by molar-refractivity contribution is 0.387. The van der Waals surface area contributed by atoms with Gasteiger partial charge in [-0.25, -0.2) is 18.4 Å². The zero-order valence-electron chi connectivity index (χ0n) is 13.3. The fourth-order valence-electron chi connectivity index (χ4n) is 2.78. The summed E-state index contributed by atoms with van der Waals surface area (Å²) < 4.78 is 24.7. The molecule has 1 aromatic carbocycles. The van der Waals surface area contributed by atoms with Crippen molar-refractivity contribution < 1.29 is 8.42 Å². The van der Waals surface area contributed by atoms with E-state index in [2.05, 4.69) is 27.9 Å². The van der Waals surface area contributed by atoms with E-state index < -0.39 is 10.0 Å². The molecule has 0 atom stereocenters. The first-order chi connectivity index (χ1) is 10.9. The number of anilines is 1. The van der Waals surface area contributed by atoms with E-state index in [1.807, 2.05) is 24.3 Å². The van der Waals surface area contributed by atoms with Crippen molar-refractivity contribution in [2.24, 2.45) is 0 Å². The summed E-state index contributed by atoms with van der Waals surface area (Å²) in [5.41, 5.74) is 3.14. The second-order valence-corrected chi connectivity index (χ2v) is 7.71. The predicted molar refractivity (Wildman–Crippen MR) is 90.8 cm³/mol. The molecule has 2 aromatic rings. The third-order valence-electron chi connectivity index (χ3n) is 4.11. The summed E-state index contributed by atoms with van der Waals surface area (Å²) in [6.45, 7) is 4.31. The van der Waals surface area contributed by atoms with Gasteiger partial charge in [0.25, 0.3) is 0 Å². The summed E-state index contributed by atoms with van der Waals surface area (Å²) >= 11 is 0. The minimum atomic E-state index is -3.11. The highest BCUT2D eigenvalue weighted by molar-refractivity contribution is 7.88. The topological polar surface area (TPSA) is 66.4 Å². The minimum Gasteiger partial charge on any atom is -0.354 e. The van der Waals surface area contributed by atoms with Gasteiger partial charge in [0.05, 0.1) is 11.9 Å². The number of aryl methyl sites for hydroxylation is 1. The quantitative estimate of drug-likeness (QED) is 0.853. The second-order valence-electron chi connectivity index (χ2n) is 5.73. The smallest absolute Gasteiger partial charge is 0.211 e. The van der Waals surface area contributed by atoms with Gasteiger partial charge in [0.15, 0.2) is 0 Å². The van der Waals surface area contributed by atoms with E-state index in [1.165, 1.54) is 16.1 Å². The van der Waals surface area contributed by atoms with Gasteiger partial charge in [-0.15, -0.1) is 0 Å². The maximum absolute atomic E-state index is 11.6. The fourth-order valence-corrected chi connectivity index (χ4v) is 3.60. The largest absolute Gasteiger partial charge is 0.354 e. The van der Waals surface area contributed by atoms with Gasteiger partial charge in [-0.2, -0.15) is 4.31 Å². The van der Waals surface area contributed by atoms with Gasteiger partial charge in [-0.3, -0.25) is 0 Å². The summed E-state index contributed by atoms with van der Waals surface area (Å²) in [5.74, 6) is 0.839. The lowest BCUT2D eigenvalue weighted by Crippen LogP contribution is -2.48. The van der Waals surface area contributed by atoms with Crippen LogP contribution in [0.3, 0.4) is 0 Å². The normalized spacial score (nSPS) is 16.5. The third kappa shape index (κ3) is 3.51. The van der Waals surface area contributed by atoms with Crippen LogP contribution in [0.15, 0.2) is 36.7 Å². The van der Waals surface area contributed by atoms with Crippen molar-refractivity contribution in [3.05, 3.63) is 42.2 Å². The van der Waals surface area contributed by atoms with Gasteiger partial charge in [0, 0.05) is 37.8 Å². The standard InChI is InChI=1S/C16H20N4O2S/c1-13-5-3-4-6-14(13)15-11-16(18-12-17-15)19-7-9-20(10-8-19)23(2,21)22/h3-6,11-12H,7-10H2,1-2H3. The van der Waals surface area contributed by atoms with Crippen LogP contribution in [0.2, 0.25) is 0 Å². The van der Waals surface area contributed by atoms with Crippen LogP contribution in [0.25, 0.3) is 11.3 Å². The lowest BCUT2D eigenvalue weighted by atomic mass is 10.1. The van der Waals surface area contributed by atoms with Crippen molar-refractivity contribution in [1.82, 2.24) is 14.3 Å². The first kappa shape index (κ1) is 15.9. The van der Waals surface area contributed by atoms with Crippen molar-refractivity contribution in [2.75, 3.05) is 37.3 Å². The van der Waals surface area contributed by atoms with E-state index in [-0.39, 0.29) is 0 Å². The summed E-state index contributed by atoms with van der Waals surface area (Å²) in [4.78, 5) is 10.8. The average molecular weight is 332 g/mol. The molecule has 3 rings (SSSR count). The molecule has 0 radical (unpaired) electrons. The van der Waals surface area contributed by atoms with Crippen molar-refractivity contribution in [2.45, 2.75) is 6.92 Å². The highest BCUT2D eigenvalue weighted by Crippen LogP contribution is 2.24.